The lowest BCUT2D eigenvalue weighted by Gasteiger charge is -2.24. The largest absolute Gasteiger partial charge is 0.497 e. The van der Waals surface area contributed by atoms with E-state index in [0.29, 0.717) is 23.0 Å². The minimum Gasteiger partial charge on any atom is -0.497 e. The van der Waals surface area contributed by atoms with Gasteiger partial charge in [0.2, 0.25) is 11.8 Å². The van der Waals surface area contributed by atoms with E-state index in [0.717, 1.165) is 36.1 Å². The van der Waals surface area contributed by atoms with Crippen molar-refractivity contribution >= 4 is 0 Å². The highest BCUT2D eigenvalue weighted by atomic mass is 16.5. The Morgan fingerprint density at radius 3 is 2.54 bits per heavy atom. The number of H-pyrrole nitrogens is 1. The smallest absolute Gasteiger partial charge is 0.244 e. The van der Waals surface area contributed by atoms with Gasteiger partial charge in [-0.15, -0.1) is 5.10 Å². The molecule has 0 saturated carbocycles. The summed E-state index contributed by atoms with van der Waals surface area (Å²) in [6, 6.07) is 7.74. The number of rotatable bonds is 6. The monoisotopic (exact) mass is 354 g/mol. The van der Waals surface area contributed by atoms with Crippen molar-refractivity contribution in [1.29, 1.82) is 5.26 Å². The highest BCUT2D eigenvalue weighted by Crippen LogP contribution is 2.44. The Hall–Kier alpha value is -3.14. The van der Waals surface area contributed by atoms with Gasteiger partial charge < -0.3 is 19.9 Å². The average molecular weight is 354 g/mol. The van der Waals surface area contributed by atoms with E-state index in [1.807, 2.05) is 12.1 Å². The first-order chi connectivity index (χ1) is 12.6. The molecule has 2 aromatic rings. The minimum absolute atomic E-state index is 0.0697. The summed E-state index contributed by atoms with van der Waals surface area (Å²) in [7, 11) is 3.18. The fourth-order valence-corrected chi connectivity index (χ4v) is 3.18. The van der Waals surface area contributed by atoms with Crippen LogP contribution in [0.5, 0.6) is 17.4 Å². The summed E-state index contributed by atoms with van der Waals surface area (Å²) in [5, 5.41) is 17.0. The van der Waals surface area contributed by atoms with Crippen LogP contribution in [0.25, 0.3) is 0 Å². The summed E-state index contributed by atoms with van der Waals surface area (Å²) in [6.45, 7) is 2.13. The quantitative estimate of drug-likeness (QED) is 0.826. The Kier molecular flexibility index (Phi) is 5.03. The summed E-state index contributed by atoms with van der Waals surface area (Å²) in [6.07, 6.45) is 2.87. The van der Waals surface area contributed by atoms with Crippen LogP contribution in [0, 0.1) is 11.3 Å². The molecule has 1 atom stereocenters. The molecule has 0 unspecified atom stereocenters. The van der Waals surface area contributed by atoms with E-state index in [1.165, 1.54) is 0 Å². The van der Waals surface area contributed by atoms with Crippen LogP contribution in [0.15, 0.2) is 29.7 Å². The van der Waals surface area contributed by atoms with Crippen LogP contribution < -0.4 is 19.9 Å². The molecule has 136 valence electrons. The lowest BCUT2D eigenvalue weighted by atomic mass is 9.83. The number of hydrogen-bond acceptors (Lipinski definition) is 6. The number of aromatic amines is 1. The van der Waals surface area contributed by atoms with Crippen molar-refractivity contribution in [2.75, 3.05) is 14.2 Å². The lowest BCUT2D eigenvalue weighted by molar-refractivity contribution is 0.376. The van der Waals surface area contributed by atoms with Gasteiger partial charge in [0.15, 0.2) is 0 Å². The summed E-state index contributed by atoms with van der Waals surface area (Å²) in [5.41, 5.74) is 8.99. The van der Waals surface area contributed by atoms with Crippen LogP contribution >= 0.6 is 0 Å². The molecule has 7 heteroatoms. The number of nitrogens with two attached hydrogens (primary N) is 1. The van der Waals surface area contributed by atoms with Crippen molar-refractivity contribution in [1.82, 2.24) is 10.2 Å². The maximum Gasteiger partial charge on any atom is 0.244 e. The number of nitrogens with one attached hydrogen (secondary N) is 1. The number of nitriles is 1. The molecular weight excluding hydrogens is 332 g/mol. The van der Waals surface area contributed by atoms with Gasteiger partial charge in [-0.25, -0.2) is 0 Å². The van der Waals surface area contributed by atoms with Crippen LogP contribution in [-0.2, 0) is 6.42 Å². The SMILES string of the molecule is CCCCc1[nH]nc2c1[C@@H](c1cc(OC)cc(OC)c1)C(C#N)=C(N)O2. The molecular formula is C19H22N4O3. The number of allylic oxidation sites excluding steroid dienone is 1. The predicted molar refractivity (Wildman–Crippen MR) is 96.0 cm³/mol. The molecule has 1 aromatic heterocycles. The van der Waals surface area contributed by atoms with Crippen LogP contribution in [0.4, 0.5) is 0 Å². The van der Waals surface area contributed by atoms with Gasteiger partial charge in [-0.05, 0) is 30.5 Å². The molecule has 0 aliphatic carbocycles. The van der Waals surface area contributed by atoms with Crippen molar-refractivity contribution in [3.63, 3.8) is 0 Å². The summed E-state index contributed by atoms with van der Waals surface area (Å²) < 4.78 is 16.4. The van der Waals surface area contributed by atoms with E-state index in [9.17, 15) is 5.26 Å². The molecule has 2 heterocycles. The number of hydrogen-bond donors (Lipinski definition) is 2. The minimum atomic E-state index is -0.390. The Morgan fingerprint density at radius 2 is 1.96 bits per heavy atom. The summed E-state index contributed by atoms with van der Waals surface area (Å²) in [5.74, 6) is 1.38. The van der Waals surface area contributed by atoms with Gasteiger partial charge in [-0.2, -0.15) is 5.26 Å². The van der Waals surface area contributed by atoms with E-state index in [-0.39, 0.29) is 5.88 Å². The van der Waals surface area contributed by atoms with E-state index in [4.69, 9.17) is 19.9 Å². The molecule has 0 spiro atoms. The number of aromatic nitrogens is 2. The molecule has 26 heavy (non-hydrogen) atoms. The predicted octanol–water partition coefficient (Wildman–Crippen LogP) is 2.99. The second-order valence-corrected chi connectivity index (χ2v) is 6.10. The van der Waals surface area contributed by atoms with E-state index < -0.39 is 5.92 Å². The van der Waals surface area contributed by atoms with Gasteiger partial charge in [0.1, 0.15) is 23.1 Å². The average Bonchev–Trinajstić information content (AvgIpc) is 3.06. The molecule has 0 radical (unpaired) electrons. The second-order valence-electron chi connectivity index (χ2n) is 6.10. The molecule has 0 amide bonds. The van der Waals surface area contributed by atoms with Crippen LogP contribution in [0.2, 0.25) is 0 Å². The summed E-state index contributed by atoms with van der Waals surface area (Å²) in [4.78, 5) is 0. The van der Waals surface area contributed by atoms with E-state index in [1.54, 1.807) is 20.3 Å². The van der Waals surface area contributed by atoms with Crippen molar-refractivity contribution in [3.05, 3.63) is 46.5 Å². The fraction of sp³-hybridized carbons (Fsp3) is 0.368. The number of benzene rings is 1. The van der Waals surface area contributed by atoms with Gasteiger partial charge in [-0.1, -0.05) is 13.3 Å². The first-order valence-corrected chi connectivity index (χ1v) is 8.50. The van der Waals surface area contributed by atoms with Gasteiger partial charge in [-0.3, -0.25) is 5.10 Å². The van der Waals surface area contributed by atoms with Crippen molar-refractivity contribution in [2.24, 2.45) is 5.73 Å². The van der Waals surface area contributed by atoms with E-state index >= 15 is 0 Å². The third-order valence-electron chi connectivity index (χ3n) is 4.51. The normalized spacial score (nSPS) is 15.8. The Morgan fingerprint density at radius 1 is 1.27 bits per heavy atom. The highest BCUT2D eigenvalue weighted by molar-refractivity contribution is 5.57. The highest BCUT2D eigenvalue weighted by Gasteiger charge is 2.35. The number of ether oxygens (including phenoxy) is 3. The number of aryl methyl sites for hydroxylation is 1. The molecule has 1 aromatic carbocycles. The zero-order chi connectivity index (χ0) is 18.7. The van der Waals surface area contributed by atoms with Gasteiger partial charge in [0.25, 0.3) is 0 Å². The molecule has 0 fully saturated rings. The molecule has 3 rings (SSSR count). The fourth-order valence-electron chi connectivity index (χ4n) is 3.18. The standard InChI is InChI=1S/C19H22N4O3/c1-4-5-6-15-17-16(11-7-12(24-2)9-13(8-11)25-3)14(10-20)18(21)26-19(17)23-22-15/h7-9,16H,4-6,21H2,1-3H3,(H,22,23)/t16-/m0/s1. The zero-order valence-electron chi connectivity index (χ0n) is 15.1. The van der Waals surface area contributed by atoms with Gasteiger partial charge in [0.05, 0.1) is 20.1 Å². The Bertz CT molecular complexity index is 857. The topological polar surface area (TPSA) is 106 Å². The summed E-state index contributed by atoms with van der Waals surface area (Å²) >= 11 is 0. The van der Waals surface area contributed by atoms with Crippen LogP contribution in [0.3, 0.4) is 0 Å². The van der Waals surface area contributed by atoms with Gasteiger partial charge >= 0.3 is 0 Å². The van der Waals surface area contributed by atoms with Crippen LogP contribution in [-0.4, -0.2) is 24.4 Å². The lowest BCUT2D eigenvalue weighted by Crippen LogP contribution is -2.21. The molecule has 7 nitrogen and oxygen atoms in total. The molecule has 3 N–H and O–H groups in total. The first kappa shape index (κ1) is 17.7. The second kappa shape index (κ2) is 7.40. The number of methoxy groups -OCH3 is 2. The van der Waals surface area contributed by atoms with Crippen molar-refractivity contribution < 1.29 is 14.2 Å². The Labute approximate surface area is 152 Å². The zero-order valence-corrected chi connectivity index (χ0v) is 15.1. The number of nitrogens with zero attached hydrogens (tertiary/aromatic N) is 2. The van der Waals surface area contributed by atoms with Crippen LogP contribution in [0.1, 0.15) is 42.5 Å². The third kappa shape index (κ3) is 3.06. The van der Waals surface area contributed by atoms with Crippen molar-refractivity contribution in [2.45, 2.75) is 32.1 Å². The third-order valence-corrected chi connectivity index (χ3v) is 4.51. The molecule has 1 aliphatic rings. The Balaban J connectivity index is 2.19. The molecule has 1 aliphatic heterocycles. The number of fused-ring (bicyclic) bond motifs is 1. The van der Waals surface area contributed by atoms with Crippen molar-refractivity contribution in [3.8, 4) is 23.4 Å². The van der Waals surface area contributed by atoms with E-state index in [2.05, 4.69) is 23.2 Å². The maximum atomic E-state index is 9.72. The maximum absolute atomic E-state index is 9.72. The number of unbranched alkanes of at least 4 members (excludes halogenated alkanes) is 1. The first-order valence-electron chi connectivity index (χ1n) is 8.50. The molecule has 0 saturated heterocycles. The molecule has 0 bridgehead atoms. The van der Waals surface area contributed by atoms with Gasteiger partial charge in [0, 0.05) is 17.3 Å².